The molecular formula is C18H21FN2O3. The van der Waals surface area contributed by atoms with Crippen molar-refractivity contribution in [1.82, 2.24) is 10.2 Å². The zero-order valence-electron chi connectivity index (χ0n) is 13.5. The van der Waals surface area contributed by atoms with Crippen molar-refractivity contribution >= 4 is 11.7 Å². The Balaban J connectivity index is 1.47. The molecule has 24 heavy (non-hydrogen) atoms. The summed E-state index contributed by atoms with van der Waals surface area (Å²) in [6.45, 7) is 2.63. The van der Waals surface area contributed by atoms with Gasteiger partial charge in [0.25, 0.3) is 0 Å². The van der Waals surface area contributed by atoms with Crippen LogP contribution in [0.3, 0.4) is 0 Å². The van der Waals surface area contributed by atoms with Crippen LogP contribution in [0.25, 0.3) is 0 Å². The molecule has 1 amide bonds. The predicted molar refractivity (Wildman–Crippen MR) is 85.6 cm³/mol. The Kier molecular flexibility index (Phi) is 4.00. The first-order valence-corrected chi connectivity index (χ1v) is 8.65. The second kappa shape index (κ2) is 6.16. The Morgan fingerprint density at radius 2 is 2.04 bits per heavy atom. The van der Waals surface area contributed by atoms with E-state index in [1.165, 1.54) is 6.07 Å². The number of nitrogens with zero attached hydrogens (tertiary/aromatic N) is 1. The van der Waals surface area contributed by atoms with Crippen LogP contribution in [0.4, 0.5) is 4.39 Å². The molecule has 1 unspecified atom stereocenters. The Morgan fingerprint density at radius 3 is 2.75 bits per heavy atom. The average Bonchev–Trinajstić information content (AvgIpc) is 3.23. The van der Waals surface area contributed by atoms with Gasteiger partial charge in [-0.1, -0.05) is 6.07 Å². The quantitative estimate of drug-likeness (QED) is 0.853. The fourth-order valence-corrected chi connectivity index (χ4v) is 4.06. The van der Waals surface area contributed by atoms with E-state index in [-0.39, 0.29) is 29.2 Å². The van der Waals surface area contributed by atoms with Crippen LogP contribution in [0.1, 0.15) is 35.2 Å². The van der Waals surface area contributed by atoms with E-state index in [2.05, 4.69) is 10.2 Å². The Hall–Kier alpha value is -1.95. The van der Waals surface area contributed by atoms with Crippen molar-refractivity contribution in [2.45, 2.75) is 31.7 Å². The molecule has 1 atom stereocenters. The first-order chi connectivity index (χ1) is 11.6. The molecule has 3 aliphatic heterocycles. The van der Waals surface area contributed by atoms with Gasteiger partial charge in [-0.3, -0.25) is 14.5 Å². The van der Waals surface area contributed by atoms with E-state index in [0.717, 1.165) is 24.9 Å². The fourth-order valence-electron chi connectivity index (χ4n) is 4.06. The van der Waals surface area contributed by atoms with Crippen LogP contribution < -0.4 is 10.1 Å². The molecule has 0 saturated carbocycles. The second-order valence-electron chi connectivity index (χ2n) is 6.78. The zero-order chi connectivity index (χ0) is 16.7. The van der Waals surface area contributed by atoms with Gasteiger partial charge in [0.1, 0.15) is 11.6 Å². The normalized spacial score (nSPS) is 24.5. The predicted octanol–water partition coefficient (Wildman–Crippen LogP) is 1.54. The molecule has 2 fully saturated rings. The lowest BCUT2D eigenvalue weighted by molar-refractivity contribution is -0.124. The second-order valence-corrected chi connectivity index (χ2v) is 6.78. The molecule has 0 radical (unpaired) electrons. The Morgan fingerprint density at radius 1 is 1.25 bits per heavy atom. The van der Waals surface area contributed by atoms with Crippen LogP contribution >= 0.6 is 0 Å². The van der Waals surface area contributed by atoms with Crippen molar-refractivity contribution in [3.63, 3.8) is 0 Å². The summed E-state index contributed by atoms with van der Waals surface area (Å²) in [6.07, 6.45) is 2.87. The average molecular weight is 332 g/mol. The summed E-state index contributed by atoms with van der Waals surface area (Å²) >= 11 is 0. The molecule has 0 aliphatic carbocycles. The van der Waals surface area contributed by atoms with Crippen LogP contribution in [-0.2, 0) is 11.2 Å². The number of nitrogens with one attached hydrogen (secondary N) is 1. The highest BCUT2D eigenvalue weighted by Crippen LogP contribution is 2.35. The summed E-state index contributed by atoms with van der Waals surface area (Å²) in [6, 6.07) is 3.01. The van der Waals surface area contributed by atoms with Gasteiger partial charge >= 0.3 is 0 Å². The SMILES string of the molecule is O=C(c1c(F)ccc2c1OCC2)C1CCN(C2CCNC2=O)CC1. The summed E-state index contributed by atoms with van der Waals surface area (Å²) < 4.78 is 19.8. The third-order valence-corrected chi connectivity index (χ3v) is 5.41. The number of piperidine rings is 1. The van der Waals surface area contributed by atoms with Gasteiger partial charge in [-0.25, -0.2) is 4.39 Å². The van der Waals surface area contributed by atoms with Gasteiger partial charge in [0.15, 0.2) is 5.78 Å². The van der Waals surface area contributed by atoms with Gasteiger partial charge in [0.05, 0.1) is 18.2 Å². The maximum Gasteiger partial charge on any atom is 0.237 e. The molecule has 3 aliphatic rings. The highest BCUT2D eigenvalue weighted by molar-refractivity contribution is 6.01. The van der Waals surface area contributed by atoms with E-state index < -0.39 is 5.82 Å². The summed E-state index contributed by atoms with van der Waals surface area (Å²) in [5.41, 5.74) is 1.04. The Bertz CT molecular complexity index is 683. The van der Waals surface area contributed by atoms with Crippen molar-refractivity contribution < 1.29 is 18.7 Å². The molecule has 1 aromatic carbocycles. The number of Topliss-reactive ketones (excluding diaryl/α,β-unsaturated/α-hetero) is 1. The van der Waals surface area contributed by atoms with E-state index in [1.54, 1.807) is 6.07 Å². The standard InChI is InChI=1S/C18H21FN2O3/c19-13-2-1-12-6-10-24-17(12)15(13)16(22)11-4-8-21(9-5-11)14-3-7-20-18(14)23/h1-2,11,14H,3-10H2,(H,20,23). The van der Waals surface area contributed by atoms with Crippen molar-refractivity contribution in [2.24, 2.45) is 5.92 Å². The summed E-state index contributed by atoms with van der Waals surface area (Å²) in [5.74, 6) is -0.311. The molecular weight excluding hydrogens is 311 g/mol. The van der Waals surface area contributed by atoms with E-state index in [4.69, 9.17) is 4.74 Å². The lowest BCUT2D eigenvalue weighted by Gasteiger charge is -2.34. The van der Waals surface area contributed by atoms with Gasteiger partial charge in [-0.05, 0) is 44.0 Å². The van der Waals surface area contributed by atoms with Crippen molar-refractivity contribution in [1.29, 1.82) is 0 Å². The monoisotopic (exact) mass is 332 g/mol. The lowest BCUT2D eigenvalue weighted by Crippen LogP contribution is -2.46. The van der Waals surface area contributed by atoms with Gasteiger partial charge < -0.3 is 10.1 Å². The number of carbonyl (C=O) groups excluding carboxylic acids is 2. The molecule has 1 aromatic rings. The molecule has 0 spiro atoms. The third-order valence-electron chi connectivity index (χ3n) is 5.41. The van der Waals surface area contributed by atoms with Gasteiger partial charge in [-0.2, -0.15) is 0 Å². The third kappa shape index (κ3) is 2.59. The number of likely N-dealkylation sites (tertiary alicyclic amines) is 1. The topological polar surface area (TPSA) is 58.6 Å². The molecule has 2 saturated heterocycles. The minimum Gasteiger partial charge on any atom is -0.492 e. The van der Waals surface area contributed by atoms with Crippen molar-refractivity contribution in [3.8, 4) is 5.75 Å². The van der Waals surface area contributed by atoms with Crippen LogP contribution in [0, 0.1) is 11.7 Å². The highest BCUT2D eigenvalue weighted by atomic mass is 19.1. The maximum atomic E-state index is 14.3. The number of halogens is 1. The molecule has 4 rings (SSSR count). The molecule has 0 aromatic heterocycles. The summed E-state index contributed by atoms with van der Waals surface area (Å²) in [4.78, 5) is 26.8. The van der Waals surface area contributed by atoms with Crippen LogP contribution in [0.15, 0.2) is 12.1 Å². The molecule has 3 heterocycles. The number of benzene rings is 1. The highest BCUT2D eigenvalue weighted by Gasteiger charge is 2.36. The number of hydrogen-bond acceptors (Lipinski definition) is 4. The first-order valence-electron chi connectivity index (χ1n) is 8.65. The molecule has 128 valence electrons. The number of carbonyl (C=O) groups is 2. The zero-order valence-corrected chi connectivity index (χ0v) is 13.5. The fraction of sp³-hybridized carbons (Fsp3) is 0.556. The first kappa shape index (κ1) is 15.6. The minimum absolute atomic E-state index is 0.0675. The van der Waals surface area contributed by atoms with Crippen LogP contribution in [0.5, 0.6) is 5.75 Å². The van der Waals surface area contributed by atoms with Crippen molar-refractivity contribution in [3.05, 3.63) is 29.1 Å². The van der Waals surface area contributed by atoms with Crippen LogP contribution in [0.2, 0.25) is 0 Å². The number of rotatable bonds is 3. The number of amides is 1. The number of hydrogen-bond donors (Lipinski definition) is 1. The molecule has 0 bridgehead atoms. The van der Waals surface area contributed by atoms with Gasteiger partial charge in [0, 0.05) is 18.9 Å². The summed E-state index contributed by atoms with van der Waals surface area (Å²) in [5, 5.41) is 2.85. The summed E-state index contributed by atoms with van der Waals surface area (Å²) in [7, 11) is 0. The number of fused-ring (bicyclic) bond motifs is 1. The molecule has 5 nitrogen and oxygen atoms in total. The minimum atomic E-state index is -0.488. The van der Waals surface area contributed by atoms with Crippen molar-refractivity contribution in [2.75, 3.05) is 26.2 Å². The van der Waals surface area contributed by atoms with E-state index in [1.807, 2.05) is 0 Å². The lowest BCUT2D eigenvalue weighted by atomic mass is 9.87. The smallest absolute Gasteiger partial charge is 0.237 e. The number of ketones is 1. The Labute approximate surface area is 140 Å². The van der Waals surface area contributed by atoms with E-state index >= 15 is 0 Å². The molecule has 1 N–H and O–H groups in total. The van der Waals surface area contributed by atoms with E-state index in [9.17, 15) is 14.0 Å². The number of ether oxygens (including phenoxy) is 1. The maximum absolute atomic E-state index is 14.3. The van der Waals surface area contributed by atoms with Crippen LogP contribution in [-0.4, -0.2) is 48.9 Å². The largest absolute Gasteiger partial charge is 0.492 e. The van der Waals surface area contributed by atoms with Gasteiger partial charge in [-0.15, -0.1) is 0 Å². The van der Waals surface area contributed by atoms with Gasteiger partial charge in [0.2, 0.25) is 5.91 Å². The van der Waals surface area contributed by atoms with E-state index in [0.29, 0.717) is 38.3 Å². The molecule has 6 heteroatoms.